The largest absolute Gasteiger partial charge is 0.493 e. The fraction of sp³-hybridized carbons (Fsp3) is 0.538. The summed E-state index contributed by atoms with van der Waals surface area (Å²) >= 11 is 6.09. The van der Waals surface area contributed by atoms with Crippen LogP contribution in [0.25, 0.3) is 0 Å². The van der Waals surface area contributed by atoms with Crippen LogP contribution >= 0.6 is 11.6 Å². The van der Waals surface area contributed by atoms with E-state index in [0.29, 0.717) is 13.2 Å². The van der Waals surface area contributed by atoms with Crippen LogP contribution in [0.2, 0.25) is 5.02 Å². The highest BCUT2D eigenvalue weighted by atomic mass is 35.5. The van der Waals surface area contributed by atoms with Gasteiger partial charge in [-0.3, -0.25) is 0 Å². The molecule has 0 fully saturated rings. The molecule has 3 nitrogen and oxygen atoms in total. The number of rotatable bonds is 5. The third-order valence-corrected chi connectivity index (χ3v) is 3.06. The summed E-state index contributed by atoms with van der Waals surface area (Å²) in [6, 6.07) is 3.90. The second kappa shape index (κ2) is 5.71. The molecule has 94 valence electrons. The summed E-state index contributed by atoms with van der Waals surface area (Å²) in [5, 5.41) is 0.757. The van der Waals surface area contributed by atoms with E-state index in [1.807, 2.05) is 19.1 Å². The average molecular weight is 256 g/mol. The molecule has 0 saturated heterocycles. The molecule has 2 rings (SSSR count). The molecule has 2 N–H and O–H groups in total. The molecule has 1 heterocycles. The summed E-state index contributed by atoms with van der Waals surface area (Å²) < 4.78 is 11.0. The third kappa shape index (κ3) is 3.12. The molecular weight excluding hydrogens is 238 g/mol. The van der Waals surface area contributed by atoms with Gasteiger partial charge in [-0.1, -0.05) is 11.6 Å². The molecule has 0 radical (unpaired) electrons. The summed E-state index contributed by atoms with van der Waals surface area (Å²) in [7, 11) is 0. The summed E-state index contributed by atoms with van der Waals surface area (Å²) in [5.41, 5.74) is 8.30. The van der Waals surface area contributed by atoms with Crippen molar-refractivity contribution >= 4 is 11.6 Å². The molecular formula is C13H18ClNO2. The zero-order chi connectivity index (χ0) is 12.3. The highest BCUT2D eigenvalue weighted by molar-refractivity contribution is 6.30. The summed E-state index contributed by atoms with van der Waals surface area (Å²) in [5.74, 6) is 0.973. The van der Waals surface area contributed by atoms with E-state index in [2.05, 4.69) is 0 Å². The lowest BCUT2D eigenvalue weighted by Gasteiger charge is -2.14. The summed E-state index contributed by atoms with van der Waals surface area (Å²) in [6.45, 7) is 3.96. The predicted octanol–water partition coefficient (Wildman–Crippen LogP) is 2.18. The van der Waals surface area contributed by atoms with E-state index < -0.39 is 0 Å². The number of nitrogens with two attached hydrogens (primary N) is 1. The quantitative estimate of drug-likeness (QED) is 0.877. The molecule has 1 aliphatic heterocycles. The number of halogens is 1. The second-order valence-corrected chi connectivity index (χ2v) is 4.71. The minimum absolute atomic E-state index is 0.0123. The zero-order valence-corrected chi connectivity index (χ0v) is 10.8. The van der Waals surface area contributed by atoms with Crippen molar-refractivity contribution in [3.05, 3.63) is 28.3 Å². The van der Waals surface area contributed by atoms with Gasteiger partial charge < -0.3 is 15.2 Å². The normalized spacial score (nSPS) is 15.5. The molecule has 1 aromatic rings. The van der Waals surface area contributed by atoms with Crippen LogP contribution in [0.1, 0.15) is 18.1 Å². The van der Waals surface area contributed by atoms with E-state index >= 15 is 0 Å². The minimum Gasteiger partial charge on any atom is -0.493 e. The third-order valence-electron chi connectivity index (χ3n) is 2.84. The molecule has 1 unspecified atom stereocenters. The van der Waals surface area contributed by atoms with Crippen molar-refractivity contribution in [1.29, 1.82) is 0 Å². The number of ether oxygens (including phenoxy) is 2. The highest BCUT2D eigenvalue weighted by Gasteiger charge is 2.19. The van der Waals surface area contributed by atoms with Gasteiger partial charge >= 0.3 is 0 Å². The van der Waals surface area contributed by atoms with Crippen molar-refractivity contribution in [1.82, 2.24) is 0 Å². The van der Waals surface area contributed by atoms with Crippen LogP contribution in [0.4, 0.5) is 0 Å². The first-order valence-corrected chi connectivity index (χ1v) is 6.36. The molecule has 0 bridgehead atoms. The Hall–Kier alpha value is -0.770. The Morgan fingerprint density at radius 1 is 1.53 bits per heavy atom. The van der Waals surface area contributed by atoms with Crippen molar-refractivity contribution in [2.24, 2.45) is 5.73 Å². The first-order chi connectivity index (χ1) is 8.20. The first-order valence-electron chi connectivity index (χ1n) is 5.98. The fourth-order valence-electron chi connectivity index (χ4n) is 2.11. The molecule has 0 aliphatic carbocycles. The van der Waals surface area contributed by atoms with Gasteiger partial charge in [0.05, 0.1) is 13.2 Å². The summed E-state index contributed by atoms with van der Waals surface area (Å²) in [6.07, 6.45) is 1.67. The number of hydrogen-bond acceptors (Lipinski definition) is 3. The van der Waals surface area contributed by atoms with Gasteiger partial charge in [0.25, 0.3) is 0 Å². The van der Waals surface area contributed by atoms with Gasteiger partial charge in [0.2, 0.25) is 0 Å². The smallest absolute Gasteiger partial charge is 0.125 e. The van der Waals surface area contributed by atoms with Gasteiger partial charge in [-0.05, 0) is 36.6 Å². The molecule has 0 saturated carbocycles. The molecule has 0 amide bonds. The monoisotopic (exact) mass is 255 g/mol. The molecule has 1 aromatic carbocycles. The maximum absolute atomic E-state index is 6.09. The van der Waals surface area contributed by atoms with Crippen LogP contribution in [0.15, 0.2) is 12.1 Å². The first kappa shape index (κ1) is 12.7. The Morgan fingerprint density at radius 2 is 2.35 bits per heavy atom. The zero-order valence-electron chi connectivity index (χ0n) is 10.0. The van der Waals surface area contributed by atoms with Gasteiger partial charge in [-0.25, -0.2) is 0 Å². The molecule has 0 spiro atoms. The van der Waals surface area contributed by atoms with Gasteiger partial charge in [0, 0.05) is 24.1 Å². The van der Waals surface area contributed by atoms with E-state index in [0.717, 1.165) is 35.8 Å². The van der Waals surface area contributed by atoms with E-state index in [4.69, 9.17) is 26.8 Å². The Morgan fingerprint density at radius 3 is 3.12 bits per heavy atom. The van der Waals surface area contributed by atoms with Gasteiger partial charge in [-0.2, -0.15) is 0 Å². The van der Waals surface area contributed by atoms with E-state index in [-0.39, 0.29) is 6.04 Å². The van der Waals surface area contributed by atoms with E-state index in [1.54, 1.807) is 0 Å². The van der Waals surface area contributed by atoms with Crippen LogP contribution in [0, 0.1) is 0 Å². The van der Waals surface area contributed by atoms with Crippen molar-refractivity contribution in [2.75, 3.05) is 19.8 Å². The standard InChI is InChI=1S/C13H18ClNO2/c1-2-16-8-12(15)7-10-6-11(14)5-9-3-4-17-13(9)10/h5-6,12H,2-4,7-8,15H2,1H3. The van der Waals surface area contributed by atoms with Gasteiger partial charge in [0.1, 0.15) is 5.75 Å². The van der Waals surface area contributed by atoms with Crippen molar-refractivity contribution in [3.63, 3.8) is 0 Å². The maximum atomic E-state index is 6.09. The Labute approximate surface area is 107 Å². The number of hydrogen-bond donors (Lipinski definition) is 1. The van der Waals surface area contributed by atoms with E-state index in [1.165, 1.54) is 5.56 Å². The van der Waals surface area contributed by atoms with Crippen molar-refractivity contribution < 1.29 is 9.47 Å². The Kier molecular flexibility index (Phi) is 4.26. The Balaban J connectivity index is 2.10. The van der Waals surface area contributed by atoms with E-state index in [9.17, 15) is 0 Å². The Bertz CT molecular complexity index is 395. The second-order valence-electron chi connectivity index (χ2n) is 4.28. The topological polar surface area (TPSA) is 44.5 Å². The average Bonchev–Trinajstić information content (AvgIpc) is 2.74. The lowest BCUT2D eigenvalue weighted by molar-refractivity contribution is 0.133. The predicted molar refractivity (Wildman–Crippen MR) is 68.8 cm³/mol. The lowest BCUT2D eigenvalue weighted by atomic mass is 10.0. The van der Waals surface area contributed by atoms with Crippen LogP contribution in [0.3, 0.4) is 0 Å². The van der Waals surface area contributed by atoms with Gasteiger partial charge in [0.15, 0.2) is 0 Å². The van der Waals surface area contributed by atoms with Crippen LogP contribution < -0.4 is 10.5 Å². The molecule has 4 heteroatoms. The SMILES string of the molecule is CCOCC(N)Cc1cc(Cl)cc2c1OCC2. The number of benzene rings is 1. The molecule has 0 aromatic heterocycles. The highest BCUT2D eigenvalue weighted by Crippen LogP contribution is 2.33. The van der Waals surface area contributed by atoms with Crippen molar-refractivity contribution in [3.8, 4) is 5.75 Å². The summed E-state index contributed by atoms with van der Waals surface area (Å²) in [4.78, 5) is 0. The fourth-order valence-corrected chi connectivity index (χ4v) is 2.37. The van der Waals surface area contributed by atoms with Crippen LogP contribution in [-0.2, 0) is 17.6 Å². The molecule has 1 atom stereocenters. The van der Waals surface area contributed by atoms with Crippen LogP contribution in [0.5, 0.6) is 5.75 Å². The van der Waals surface area contributed by atoms with Crippen LogP contribution in [-0.4, -0.2) is 25.9 Å². The maximum Gasteiger partial charge on any atom is 0.125 e. The van der Waals surface area contributed by atoms with Crippen molar-refractivity contribution in [2.45, 2.75) is 25.8 Å². The lowest BCUT2D eigenvalue weighted by Crippen LogP contribution is -2.28. The minimum atomic E-state index is -0.0123. The molecule has 1 aliphatic rings. The number of fused-ring (bicyclic) bond motifs is 1. The molecule has 17 heavy (non-hydrogen) atoms. The van der Waals surface area contributed by atoms with Gasteiger partial charge in [-0.15, -0.1) is 0 Å².